The lowest BCUT2D eigenvalue weighted by Gasteiger charge is -2.32. The van der Waals surface area contributed by atoms with Gasteiger partial charge in [0.15, 0.2) is 0 Å². The lowest BCUT2D eigenvalue weighted by Crippen LogP contribution is -2.47. The predicted molar refractivity (Wildman–Crippen MR) is 112 cm³/mol. The molecule has 1 saturated heterocycles. The maximum atomic E-state index is 4.69. The van der Waals surface area contributed by atoms with Crippen molar-refractivity contribution in [2.24, 2.45) is 0 Å². The van der Waals surface area contributed by atoms with Crippen LogP contribution in [0.5, 0.6) is 0 Å². The van der Waals surface area contributed by atoms with Crippen molar-refractivity contribution in [2.45, 2.75) is 0 Å². The summed E-state index contributed by atoms with van der Waals surface area (Å²) < 4.78 is 0. The van der Waals surface area contributed by atoms with E-state index in [-0.39, 0.29) is 0 Å². The minimum Gasteiger partial charge on any atom is -0.377 e. The predicted octanol–water partition coefficient (Wildman–Crippen LogP) is 2.94. The molecule has 3 aromatic rings. The van der Waals surface area contributed by atoms with E-state index < -0.39 is 0 Å². The number of hydrogen-bond acceptors (Lipinski definition) is 6. The fourth-order valence-electron chi connectivity index (χ4n) is 3.42. The third-order valence-corrected chi connectivity index (χ3v) is 5.04. The minimum atomic E-state index is 0.661. The molecule has 0 amide bonds. The van der Waals surface area contributed by atoms with E-state index in [1.807, 2.05) is 6.20 Å². The zero-order valence-electron chi connectivity index (χ0n) is 16.2. The van der Waals surface area contributed by atoms with Crippen molar-refractivity contribution in [3.05, 3.63) is 48.7 Å². The number of piperazine rings is 1. The molecule has 6 heteroatoms. The first kappa shape index (κ1) is 17.7. The summed E-state index contributed by atoms with van der Waals surface area (Å²) in [6.07, 6.45) is 1.91. The van der Waals surface area contributed by atoms with E-state index in [0.717, 1.165) is 37.1 Å². The average Bonchev–Trinajstić information content (AvgIpc) is 2.69. The standard InChI is InChI=1S/C21H26N6/c1-25(2)20-7-5-4-6-18(20)16-8-9-19-17(14-16)15-22-21(23-19)24-27-12-10-26(3)11-13-27/h4-9,14-15H,10-13H2,1-3H3,(H,22,23,24). The van der Waals surface area contributed by atoms with Gasteiger partial charge in [0.1, 0.15) is 0 Å². The highest BCUT2D eigenvalue weighted by Gasteiger charge is 2.14. The smallest absolute Gasteiger partial charge is 0.238 e. The van der Waals surface area contributed by atoms with E-state index in [4.69, 9.17) is 4.98 Å². The number of hydrogen-bond donors (Lipinski definition) is 1. The molecule has 27 heavy (non-hydrogen) atoms. The summed E-state index contributed by atoms with van der Waals surface area (Å²) in [5, 5.41) is 3.23. The number of anilines is 2. The molecular weight excluding hydrogens is 336 g/mol. The van der Waals surface area contributed by atoms with E-state index in [2.05, 4.69) is 88.8 Å². The SMILES string of the molecule is CN1CCN(Nc2ncc3cc(-c4ccccc4N(C)C)ccc3n2)CC1. The Morgan fingerprint density at radius 1 is 1.00 bits per heavy atom. The van der Waals surface area contributed by atoms with E-state index in [1.165, 1.54) is 16.8 Å². The van der Waals surface area contributed by atoms with E-state index in [0.29, 0.717) is 5.95 Å². The zero-order valence-corrected chi connectivity index (χ0v) is 16.2. The highest BCUT2D eigenvalue weighted by Crippen LogP contribution is 2.31. The number of hydrazine groups is 1. The lowest BCUT2D eigenvalue weighted by atomic mass is 10.0. The monoisotopic (exact) mass is 362 g/mol. The average molecular weight is 362 g/mol. The largest absolute Gasteiger partial charge is 0.377 e. The van der Waals surface area contributed by atoms with Gasteiger partial charge in [-0.25, -0.2) is 15.0 Å². The second-order valence-electron chi connectivity index (χ2n) is 7.28. The first-order valence-electron chi connectivity index (χ1n) is 9.34. The Morgan fingerprint density at radius 3 is 2.56 bits per heavy atom. The van der Waals surface area contributed by atoms with Gasteiger partial charge in [0, 0.05) is 63.1 Å². The molecule has 0 bridgehead atoms. The fraction of sp³-hybridized carbons (Fsp3) is 0.333. The maximum absolute atomic E-state index is 4.69. The Hall–Kier alpha value is -2.70. The van der Waals surface area contributed by atoms with Crippen LogP contribution in [-0.4, -0.2) is 67.2 Å². The van der Waals surface area contributed by atoms with Gasteiger partial charge in [-0.3, -0.25) is 5.43 Å². The lowest BCUT2D eigenvalue weighted by molar-refractivity contribution is 0.178. The van der Waals surface area contributed by atoms with Crippen LogP contribution in [0.2, 0.25) is 0 Å². The number of para-hydroxylation sites is 1. The highest BCUT2D eigenvalue weighted by molar-refractivity contribution is 5.88. The normalized spacial score (nSPS) is 15.8. The van der Waals surface area contributed by atoms with Crippen molar-refractivity contribution >= 4 is 22.5 Å². The Morgan fingerprint density at radius 2 is 1.78 bits per heavy atom. The van der Waals surface area contributed by atoms with Crippen LogP contribution in [-0.2, 0) is 0 Å². The molecule has 0 unspecified atom stereocenters. The minimum absolute atomic E-state index is 0.661. The van der Waals surface area contributed by atoms with Crippen LogP contribution in [0.1, 0.15) is 0 Å². The van der Waals surface area contributed by atoms with Crippen LogP contribution in [0.3, 0.4) is 0 Å². The van der Waals surface area contributed by atoms with Crippen molar-refractivity contribution in [3.63, 3.8) is 0 Å². The summed E-state index contributed by atoms with van der Waals surface area (Å²) in [6, 6.07) is 14.8. The molecule has 0 aliphatic carbocycles. The van der Waals surface area contributed by atoms with Crippen molar-refractivity contribution < 1.29 is 0 Å². The first-order valence-corrected chi connectivity index (χ1v) is 9.34. The van der Waals surface area contributed by atoms with Crippen LogP contribution in [0.4, 0.5) is 11.6 Å². The van der Waals surface area contributed by atoms with Crippen molar-refractivity contribution in [2.75, 3.05) is 57.6 Å². The molecule has 1 fully saturated rings. The summed E-state index contributed by atoms with van der Waals surface area (Å²) >= 11 is 0. The van der Waals surface area contributed by atoms with Crippen molar-refractivity contribution in [1.82, 2.24) is 19.9 Å². The van der Waals surface area contributed by atoms with Gasteiger partial charge in [0.2, 0.25) is 5.95 Å². The first-order chi connectivity index (χ1) is 13.1. The van der Waals surface area contributed by atoms with Gasteiger partial charge >= 0.3 is 0 Å². The third-order valence-electron chi connectivity index (χ3n) is 5.04. The molecule has 2 heterocycles. The van der Waals surface area contributed by atoms with Gasteiger partial charge in [-0.1, -0.05) is 24.3 Å². The Labute approximate surface area is 160 Å². The van der Waals surface area contributed by atoms with Crippen LogP contribution in [0, 0.1) is 0 Å². The summed E-state index contributed by atoms with van der Waals surface area (Å²) in [6.45, 7) is 4.04. The number of fused-ring (bicyclic) bond motifs is 1. The number of nitrogens with one attached hydrogen (secondary N) is 1. The molecule has 140 valence electrons. The molecule has 0 radical (unpaired) electrons. The highest BCUT2D eigenvalue weighted by atomic mass is 15.5. The third kappa shape index (κ3) is 3.86. The topological polar surface area (TPSA) is 47.5 Å². The van der Waals surface area contributed by atoms with Crippen molar-refractivity contribution in [1.29, 1.82) is 0 Å². The van der Waals surface area contributed by atoms with Crippen molar-refractivity contribution in [3.8, 4) is 11.1 Å². The second-order valence-corrected chi connectivity index (χ2v) is 7.28. The van der Waals surface area contributed by atoms with Gasteiger partial charge < -0.3 is 9.80 Å². The molecule has 6 nitrogen and oxygen atoms in total. The van der Waals surface area contributed by atoms with Crippen LogP contribution in [0.15, 0.2) is 48.7 Å². The summed E-state index contributed by atoms with van der Waals surface area (Å²) in [5.41, 5.74) is 7.88. The van der Waals surface area contributed by atoms with Gasteiger partial charge in [-0.15, -0.1) is 0 Å². The molecule has 1 aliphatic rings. The van der Waals surface area contributed by atoms with Crippen LogP contribution >= 0.6 is 0 Å². The molecule has 4 rings (SSSR count). The summed E-state index contributed by atoms with van der Waals surface area (Å²) in [5.74, 6) is 0.661. The number of aromatic nitrogens is 2. The maximum Gasteiger partial charge on any atom is 0.238 e. The Kier molecular flexibility index (Phi) is 4.92. The molecule has 0 spiro atoms. The molecular formula is C21H26N6. The molecule has 1 N–H and O–H groups in total. The summed E-state index contributed by atoms with van der Waals surface area (Å²) in [4.78, 5) is 13.7. The van der Waals surface area contributed by atoms with E-state index in [1.54, 1.807) is 0 Å². The zero-order chi connectivity index (χ0) is 18.8. The number of likely N-dealkylation sites (N-methyl/N-ethyl adjacent to an activating group) is 1. The second kappa shape index (κ2) is 7.50. The van der Waals surface area contributed by atoms with Crippen LogP contribution in [0.25, 0.3) is 22.0 Å². The fourth-order valence-corrected chi connectivity index (χ4v) is 3.42. The number of rotatable bonds is 4. The molecule has 0 atom stereocenters. The van der Waals surface area contributed by atoms with Crippen LogP contribution < -0.4 is 10.3 Å². The van der Waals surface area contributed by atoms with Gasteiger partial charge in [-0.2, -0.15) is 0 Å². The van der Waals surface area contributed by atoms with E-state index in [9.17, 15) is 0 Å². The quantitative estimate of drug-likeness (QED) is 0.770. The van der Waals surface area contributed by atoms with Gasteiger partial charge in [0.25, 0.3) is 0 Å². The number of benzene rings is 2. The van der Waals surface area contributed by atoms with Gasteiger partial charge in [-0.05, 0) is 30.8 Å². The Bertz CT molecular complexity index is 931. The summed E-state index contributed by atoms with van der Waals surface area (Å²) in [7, 11) is 6.29. The molecule has 2 aromatic carbocycles. The Balaban J connectivity index is 1.59. The van der Waals surface area contributed by atoms with E-state index >= 15 is 0 Å². The molecule has 1 aromatic heterocycles. The number of nitrogens with zero attached hydrogens (tertiary/aromatic N) is 5. The molecule has 0 saturated carbocycles. The molecule has 1 aliphatic heterocycles. The van der Waals surface area contributed by atoms with Gasteiger partial charge in [0.05, 0.1) is 5.52 Å².